The second-order valence-corrected chi connectivity index (χ2v) is 7.03. The number of sulfonamides is 1. The lowest BCUT2D eigenvalue weighted by Crippen LogP contribution is -2.22. The number of hydrogen-bond acceptors (Lipinski definition) is 3. The maximum Gasteiger partial charge on any atom is 0.234 e. The van der Waals surface area contributed by atoms with E-state index in [2.05, 4.69) is 9.82 Å². The van der Waals surface area contributed by atoms with Crippen LogP contribution >= 0.6 is 0 Å². The molecule has 0 amide bonds. The number of hydrogen-bond donors (Lipinski definition) is 1. The van der Waals surface area contributed by atoms with E-state index in [1.807, 2.05) is 35.0 Å². The van der Waals surface area contributed by atoms with Crippen molar-refractivity contribution in [1.29, 1.82) is 0 Å². The molecule has 1 aliphatic heterocycles. The van der Waals surface area contributed by atoms with Crippen LogP contribution in [0.5, 0.6) is 0 Å². The third kappa shape index (κ3) is 3.64. The second-order valence-electron chi connectivity index (χ2n) is 5.38. The van der Waals surface area contributed by atoms with Gasteiger partial charge in [-0.05, 0) is 30.9 Å². The number of aryl methyl sites for hydroxylation is 1. The Hall–Kier alpha value is -1.92. The molecule has 22 heavy (non-hydrogen) atoms. The molecule has 0 fully saturated rings. The summed E-state index contributed by atoms with van der Waals surface area (Å²) in [4.78, 5) is 0. The van der Waals surface area contributed by atoms with Crippen molar-refractivity contribution >= 4 is 16.1 Å². The van der Waals surface area contributed by atoms with Crippen molar-refractivity contribution in [3.05, 3.63) is 58.8 Å². The first-order chi connectivity index (χ1) is 10.6. The quantitative estimate of drug-likeness (QED) is 0.920. The Bertz CT molecular complexity index is 764. The first-order valence-corrected chi connectivity index (χ1v) is 8.95. The van der Waals surface area contributed by atoms with E-state index in [0.717, 1.165) is 42.6 Å². The molecule has 3 rings (SSSR count). The van der Waals surface area contributed by atoms with Crippen molar-refractivity contribution < 1.29 is 8.42 Å². The molecule has 1 aromatic heterocycles. The standard InChI is InChI=1S/C16H19N3O2S/c20-22(21,11-9-14-6-2-1-3-7-14)18-13-15-12-17-19-10-5-4-8-16(15)19/h1-3,6-7,9,11-12,18H,4-5,8,10,13H2/b11-9+. The third-order valence-corrected chi connectivity index (χ3v) is 4.81. The summed E-state index contributed by atoms with van der Waals surface area (Å²) in [5.41, 5.74) is 2.98. The summed E-state index contributed by atoms with van der Waals surface area (Å²) in [7, 11) is -3.45. The molecular weight excluding hydrogens is 298 g/mol. The van der Waals surface area contributed by atoms with Gasteiger partial charge in [0, 0.05) is 29.8 Å². The fourth-order valence-electron chi connectivity index (χ4n) is 2.59. The number of nitrogens with one attached hydrogen (secondary N) is 1. The van der Waals surface area contributed by atoms with Crippen LogP contribution < -0.4 is 4.72 Å². The fourth-order valence-corrected chi connectivity index (χ4v) is 3.38. The molecule has 0 saturated heterocycles. The van der Waals surface area contributed by atoms with Crippen LogP contribution in [0.1, 0.15) is 29.7 Å². The fraction of sp³-hybridized carbons (Fsp3) is 0.312. The molecule has 1 N–H and O–H groups in total. The van der Waals surface area contributed by atoms with Gasteiger partial charge in [-0.2, -0.15) is 5.10 Å². The highest BCUT2D eigenvalue weighted by Gasteiger charge is 2.15. The Labute approximate surface area is 130 Å². The topological polar surface area (TPSA) is 64.0 Å². The highest BCUT2D eigenvalue weighted by Crippen LogP contribution is 2.18. The van der Waals surface area contributed by atoms with Gasteiger partial charge in [0.15, 0.2) is 0 Å². The van der Waals surface area contributed by atoms with Crippen LogP contribution in [-0.2, 0) is 29.5 Å². The maximum absolute atomic E-state index is 12.0. The smallest absolute Gasteiger partial charge is 0.234 e. The van der Waals surface area contributed by atoms with Gasteiger partial charge in [-0.15, -0.1) is 0 Å². The summed E-state index contributed by atoms with van der Waals surface area (Å²) in [5, 5.41) is 5.52. The van der Waals surface area contributed by atoms with E-state index in [1.165, 1.54) is 5.41 Å². The van der Waals surface area contributed by atoms with Crippen LogP contribution in [0.2, 0.25) is 0 Å². The molecule has 0 bridgehead atoms. The van der Waals surface area contributed by atoms with Crippen molar-refractivity contribution in [2.45, 2.75) is 32.4 Å². The van der Waals surface area contributed by atoms with Gasteiger partial charge in [0.05, 0.1) is 6.20 Å². The van der Waals surface area contributed by atoms with Gasteiger partial charge in [-0.25, -0.2) is 13.1 Å². The lowest BCUT2D eigenvalue weighted by molar-refractivity contribution is 0.484. The lowest BCUT2D eigenvalue weighted by Gasteiger charge is -2.14. The molecule has 2 aromatic rings. The van der Waals surface area contributed by atoms with Crippen LogP contribution in [0.3, 0.4) is 0 Å². The van der Waals surface area contributed by atoms with Crippen LogP contribution in [0.4, 0.5) is 0 Å². The molecule has 0 radical (unpaired) electrons. The van der Waals surface area contributed by atoms with E-state index in [9.17, 15) is 8.42 Å². The minimum atomic E-state index is -3.45. The minimum Gasteiger partial charge on any atom is -0.269 e. The van der Waals surface area contributed by atoms with Crippen molar-refractivity contribution in [3.63, 3.8) is 0 Å². The van der Waals surface area contributed by atoms with Crippen molar-refractivity contribution in [2.24, 2.45) is 0 Å². The molecule has 0 aliphatic carbocycles. The molecule has 116 valence electrons. The first-order valence-electron chi connectivity index (χ1n) is 7.40. The Morgan fingerprint density at radius 1 is 1.23 bits per heavy atom. The number of aromatic nitrogens is 2. The SMILES string of the molecule is O=S(=O)(/C=C/c1ccccc1)NCc1cnn2c1CCCC2. The summed E-state index contributed by atoms with van der Waals surface area (Å²) in [5.74, 6) is 0. The number of nitrogens with zero attached hydrogens (tertiary/aromatic N) is 2. The highest BCUT2D eigenvalue weighted by molar-refractivity contribution is 7.92. The minimum absolute atomic E-state index is 0.288. The van der Waals surface area contributed by atoms with E-state index in [-0.39, 0.29) is 6.54 Å². The van der Waals surface area contributed by atoms with E-state index in [1.54, 1.807) is 12.3 Å². The van der Waals surface area contributed by atoms with Gasteiger partial charge < -0.3 is 0 Å². The Kier molecular flexibility index (Phi) is 4.40. The molecular formula is C16H19N3O2S. The summed E-state index contributed by atoms with van der Waals surface area (Å²) in [6.45, 7) is 1.22. The predicted molar refractivity (Wildman–Crippen MR) is 86.4 cm³/mol. The van der Waals surface area contributed by atoms with Crippen molar-refractivity contribution in [1.82, 2.24) is 14.5 Å². The molecule has 0 spiro atoms. The molecule has 0 atom stereocenters. The van der Waals surface area contributed by atoms with Crippen LogP contribution in [0.15, 0.2) is 41.9 Å². The van der Waals surface area contributed by atoms with Crippen molar-refractivity contribution in [2.75, 3.05) is 0 Å². The largest absolute Gasteiger partial charge is 0.269 e. The summed E-state index contributed by atoms with van der Waals surface area (Å²) in [6, 6.07) is 9.37. The zero-order chi connectivity index (χ0) is 15.4. The van der Waals surface area contributed by atoms with Gasteiger partial charge in [0.2, 0.25) is 10.0 Å². The summed E-state index contributed by atoms with van der Waals surface area (Å²) >= 11 is 0. The lowest BCUT2D eigenvalue weighted by atomic mass is 10.1. The van der Waals surface area contributed by atoms with Gasteiger partial charge in [-0.1, -0.05) is 30.3 Å². The average molecular weight is 317 g/mol. The number of rotatable bonds is 5. The summed E-state index contributed by atoms with van der Waals surface area (Å²) in [6.07, 6.45) is 6.61. The van der Waals surface area contributed by atoms with Gasteiger partial charge in [-0.3, -0.25) is 4.68 Å². The van der Waals surface area contributed by atoms with Crippen LogP contribution in [0.25, 0.3) is 6.08 Å². The number of benzene rings is 1. The normalized spacial score (nSPS) is 15.1. The molecule has 1 aromatic carbocycles. The zero-order valence-corrected chi connectivity index (χ0v) is 13.1. The van der Waals surface area contributed by atoms with E-state index in [4.69, 9.17) is 0 Å². The molecule has 0 saturated carbocycles. The predicted octanol–water partition coefficient (Wildman–Crippen LogP) is 2.31. The number of fused-ring (bicyclic) bond motifs is 1. The van der Waals surface area contributed by atoms with E-state index in [0.29, 0.717) is 0 Å². The third-order valence-electron chi connectivity index (χ3n) is 3.77. The summed E-state index contributed by atoms with van der Waals surface area (Å²) < 4.78 is 28.7. The Morgan fingerprint density at radius 2 is 2.05 bits per heavy atom. The molecule has 6 heteroatoms. The molecule has 2 heterocycles. The van der Waals surface area contributed by atoms with Gasteiger partial charge in [0.1, 0.15) is 0 Å². The van der Waals surface area contributed by atoms with Crippen LogP contribution in [0, 0.1) is 0 Å². The zero-order valence-electron chi connectivity index (χ0n) is 12.3. The second kappa shape index (κ2) is 6.46. The molecule has 1 aliphatic rings. The average Bonchev–Trinajstić information content (AvgIpc) is 2.96. The van der Waals surface area contributed by atoms with Crippen LogP contribution in [-0.4, -0.2) is 18.2 Å². The maximum atomic E-state index is 12.0. The van der Waals surface area contributed by atoms with Crippen molar-refractivity contribution in [3.8, 4) is 0 Å². The van der Waals surface area contributed by atoms with Gasteiger partial charge >= 0.3 is 0 Å². The first kappa shape index (κ1) is 15.0. The Balaban J connectivity index is 1.65. The Morgan fingerprint density at radius 3 is 2.86 bits per heavy atom. The van der Waals surface area contributed by atoms with E-state index < -0.39 is 10.0 Å². The molecule has 0 unspecified atom stereocenters. The molecule has 5 nitrogen and oxygen atoms in total. The van der Waals surface area contributed by atoms with E-state index >= 15 is 0 Å². The van der Waals surface area contributed by atoms with Gasteiger partial charge in [0.25, 0.3) is 0 Å². The monoisotopic (exact) mass is 317 g/mol. The highest BCUT2D eigenvalue weighted by atomic mass is 32.2.